The normalized spacial score (nSPS) is 19.8. The number of carbonyl (C=O) groups is 2. The number of benzene rings is 2. The van der Waals surface area contributed by atoms with Crippen molar-refractivity contribution in [3.63, 3.8) is 0 Å². The van der Waals surface area contributed by atoms with Crippen LogP contribution >= 0.6 is 0 Å². The topological polar surface area (TPSA) is 68.4 Å². The molecule has 0 aliphatic carbocycles. The number of nitrogens with one attached hydrogen (secondary N) is 2. The Labute approximate surface area is 214 Å². The van der Waals surface area contributed by atoms with Gasteiger partial charge in [0, 0.05) is 35.8 Å². The molecular weight excluding hydrogens is 448 g/mol. The number of piperidine rings is 2. The van der Waals surface area contributed by atoms with Crippen molar-refractivity contribution in [2.75, 3.05) is 33.2 Å². The third-order valence-corrected chi connectivity index (χ3v) is 8.55. The molecule has 6 nitrogen and oxygen atoms in total. The molecule has 2 N–H and O–H groups in total. The number of aryl methyl sites for hydroxylation is 1. The Balaban J connectivity index is 1.33. The van der Waals surface area contributed by atoms with Crippen molar-refractivity contribution in [2.45, 2.75) is 45.1 Å². The number of hydrogen-bond acceptors (Lipinski definition) is 3. The number of fused-ring (bicyclic) bond motifs is 1. The Morgan fingerprint density at radius 2 is 1.58 bits per heavy atom. The lowest BCUT2D eigenvalue weighted by Crippen LogP contribution is -2.57. The van der Waals surface area contributed by atoms with E-state index >= 15 is 0 Å². The first-order valence-corrected chi connectivity index (χ1v) is 13.3. The van der Waals surface area contributed by atoms with Gasteiger partial charge in [0.1, 0.15) is 5.54 Å². The lowest BCUT2D eigenvalue weighted by atomic mass is 9.78. The number of aromatic amines is 1. The molecule has 0 unspecified atom stereocenters. The molecule has 6 heteroatoms. The molecule has 2 aliphatic rings. The molecule has 2 saturated heterocycles. The molecule has 2 aromatic carbocycles. The highest BCUT2D eigenvalue weighted by Crippen LogP contribution is 2.34. The van der Waals surface area contributed by atoms with Crippen molar-refractivity contribution in [1.29, 1.82) is 0 Å². The maximum Gasteiger partial charge on any atom is 0.252 e. The van der Waals surface area contributed by atoms with E-state index in [1.54, 1.807) is 0 Å². The van der Waals surface area contributed by atoms with Crippen molar-refractivity contribution in [3.05, 3.63) is 71.4 Å². The maximum atomic E-state index is 14.0. The minimum atomic E-state index is -1.14. The van der Waals surface area contributed by atoms with Gasteiger partial charge in [-0.1, -0.05) is 36.4 Å². The summed E-state index contributed by atoms with van der Waals surface area (Å²) in [4.78, 5) is 35.1. The number of aromatic nitrogens is 1. The Morgan fingerprint density at radius 3 is 2.25 bits per heavy atom. The molecule has 3 aromatic rings. The average Bonchev–Trinajstić information content (AvgIpc) is 3.29. The van der Waals surface area contributed by atoms with E-state index in [9.17, 15) is 9.59 Å². The summed E-state index contributed by atoms with van der Waals surface area (Å²) in [5.74, 6) is 1.19. The smallest absolute Gasteiger partial charge is 0.252 e. The monoisotopic (exact) mass is 486 g/mol. The highest BCUT2D eigenvalue weighted by atomic mass is 16.2. The fraction of sp³-hybridized carbons (Fsp3) is 0.467. The van der Waals surface area contributed by atoms with Gasteiger partial charge in [-0.25, -0.2) is 0 Å². The second-order valence-electron chi connectivity index (χ2n) is 10.9. The molecule has 1 atom stereocenters. The Kier molecular flexibility index (Phi) is 6.89. The van der Waals surface area contributed by atoms with Crippen LogP contribution in [-0.2, 0) is 10.3 Å². The van der Waals surface area contributed by atoms with Gasteiger partial charge in [0.2, 0.25) is 0 Å². The number of nitrogens with zero attached hydrogens (tertiary/aromatic N) is 2. The standard InChI is InChI=1S/C30H38N4O2/c1-21-20-31-27-19-24(9-10-26(21)27)28(35)32-30(2,25-7-5-4-6-8-25)29(36)34-17-13-23(14-18-34)22-11-15-33(3)16-12-22/h4-10,19-20,22-23,31H,11-18H2,1-3H3,(H,32,35)/t30-/m0/s1. The predicted octanol–water partition coefficient (Wildman–Crippen LogP) is 4.70. The number of rotatable bonds is 5. The predicted molar refractivity (Wildman–Crippen MR) is 144 cm³/mol. The summed E-state index contributed by atoms with van der Waals surface area (Å²) in [6.07, 6.45) is 6.55. The van der Waals surface area contributed by atoms with Crippen LogP contribution in [0.2, 0.25) is 0 Å². The fourth-order valence-electron chi connectivity index (χ4n) is 6.12. The van der Waals surface area contributed by atoms with Crippen LogP contribution in [0.25, 0.3) is 10.9 Å². The molecule has 2 fully saturated rings. The van der Waals surface area contributed by atoms with E-state index in [0.29, 0.717) is 11.5 Å². The summed E-state index contributed by atoms with van der Waals surface area (Å²) >= 11 is 0. The number of amides is 2. The van der Waals surface area contributed by atoms with E-state index < -0.39 is 5.54 Å². The fourth-order valence-corrected chi connectivity index (χ4v) is 6.12. The van der Waals surface area contributed by atoms with E-state index in [1.165, 1.54) is 25.9 Å². The minimum absolute atomic E-state index is 0.0272. The van der Waals surface area contributed by atoms with Crippen LogP contribution in [0, 0.1) is 18.8 Å². The number of H-pyrrole nitrogens is 1. The highest BCUT2D eigenvalue weighted by molar-refractivity contribution is 6.02. The first-order valence-electron chi connectivity index (χ1n) is 13.3. The summed E-state index contributed by atoms with van der Waals surface area (Å²) in [6.45, 7) is 7.75. The van der Waals surface area contributed by atoms with E-state index in [-0.39, 0.29) is 11.8 Å². The van der Waals surface area contributed by atoms with Gasteiger partial charge >= 0.3 is 0 Å². The van der Waals surface area contributed by atoms with Gasteiger partial charge in [-0.05, 0) is 94.8 Å². The number of hydrogen-bond donors (Lipinski definition) is 2. The molecular formula is C30H38N4O2. The Hall–Kier alpha value is -3.12. The number of carbonyl (C=O) groups excluding carboxylic acids is 2. The van der Waals surface area contributed by atoms with Crippen LogP contribution in [0.5, 0.6) is 0 Å². The molecule has 2 amide bonds. The third kappa shape index (κ3) is 4.79. The van der Waals surface area contributed by atoms with Crippen LogP contribution in [0.3, 0.4) is 0 Å². The van der Waals surface area contributed by atoms with Gasteiger partial charge in [0.15, 0.2) is 0 Å². The zero-order valence-electron chi connectivity index (χ0n) is 21.7. The molecule has 2 aliphatic heterocycles. The molecule has 5 rings (SSSR count). The van der Waals surface area contributed by atoms with E-state index in [0.717, 1.165) is 53.9 Å². The zero-order valence-corrected chi connectivity index (χ0v) is 21.7. The van der Waals surface area contributed by atoms with Crippen LogP contribution in [0.15, 0.2) is 54.7 Å². The summed E-state index contributed by atoms with van der Waals surface area (Å²) in [5, 5.41) is 4.22. The Bertz CT molecular complexity index is 1220. The molecule has 190 valence electrons. The summed E-state index contributed by atoms with van der Waals surface area (Å²) in [5.41, 5.74) is 2.27. The first kappa shape index (κ1) is 24.6. The molecule has 3 heterocycles. The minimum Gasteiger partial charge on any atom is -0.361 e. The maximum absolute atomic E-state index is 14.0. The quantitative estimate of drug-likeness (QED) is 0.549. The van der Waals surface area contributed by atoms with Gasteiger partial charge in [0.05, 0.1) is 0 Å². The molecule has 0 bridgehead atoms. The molecule has 1 aromatic heterocycles. The van der Waals surface area contributed by atoms with Crippen molar-refractivity contribution < 1.29 is 9.59 Å². The summed E-state index contributed by atoms with van der Waals surface area (Å²) in [7, 11) is 2.20. The lowest BCUT2D eigenvalue weighted by Gasteiger charge is -2.42. The van der Waals surface area contributed by atoms with Crippen molar-refractivity contribution >= 4 is 22.7 Å². The lowest BCUT2D eigenvalue weighted by molar-refractivity contribution is -0.139. The average molecular weight is 487 g/mol. The molecule has 0 saturated carbocycles. The van der Waals surface area contributed by atoms with E-state index in [4.69, 9.17) is 0 Å². The van der Waals surface area contributed by atoms with Gasteiger partial charge in [-0.3, -0.25) is 9.59 Å². The van der Waals surface area contributed by atoms with Crippen LogP contribution < -0.4 is 5.32 Å². The van der Waals surface area contributed by atoms with E-state index in [2.05, 4.69) is 22.2 Å². The first-order chi connectivity index (χ1) is 17.3. The highest BCUT2D eigenvalue weighted by Gasteiger charge is 2.41. The molecule has 0 radical (unpaired) electrons. The Morgan fingerprint density at radius 1 is 0.944 bits per heavy atom. The molecule has 36 heavy (non-hydrogen) atoms. The largest absolute Gasteiger partial charge is 0.361 e. The third-order valence-electron chi connectivity index (χ3n) is 8.55. The number of likely N-dealkylation sites (tertiary alicyclic amines) is 2. The van der Waals surface area contributed by atoms with Gasteiger partial charge in [-0.15, -0.1) is 0 Å². The zero-order chi connectivity index (χ0) is 25.3. The van der Waals surface area contributed by atoms with Gasteiger partial charge in [0.25, 0.3) is 11.8 Å². The van der Waals surface area contributed by atoms with E-state index in [1.807, 2.05) is 73.5 Å². The molecule has 0 spiro atoms. The summed E-state index contributed by atoms with van der Waals surface area (Å²) in [6, 6.07) is 15.3. The van der Waals surface area contributed by atoms with Gasteiger partial charge < -0.3 is 20.1 Å². The SMILES string of the molecule is Cc1c[nH]c2cc(C(=O)N[C@](C)(C(=O)N3CCC(C4CCN(C)CC4)CC3)c3ccccc3)ccc12. The van der Waals surface area contributed by atoms with Crippen LogP contribution in [0.4, 0.5) is 0 Å². The van der Waals surface area contributed by atoms with Gasteiger partial charge in [-0.2, -0.15) is 0 Å². The second kappa shape index (κ2) is 10.1. The van der Waals surface area contributed by atoms with Crippen molar-refractivity contribution in [3.8, 4) is 0 Å². The second-order valence-corrected chi connectivity index (χ2v) is 10.9. The van der Waals surface area contributed by atoms with Crippen molar-refractivity contribution in [1.82, 2.24) is 20.1 Å². The van der Waals surface area contributed by atoms with Crippen LogP contribution in [-0.4, -0.2) is 59.8 Å². The summed E-state index contributed by atoms with van der Waals surface area (Å²) < 4.78 is 0. The van der Waals surface area contributed by atoms with Crippen LogP contribution in [0.1, 0.15) is 54.1 Å². The van der Waals surface area contributed by atoms with Crippen molar-refractivity contribution in [2.24, 2.45) is 11.8 Å².